The molecule has 5 nitrogen and oxygen atoms in total. The molecule has 0 aliphatic rings. The van der Waals surface area contributed by atoms with Gasteiger partial charge in [0.15, 0.2) is 0 Å². The van der Waals surface area contributed by atoms with E-state index in [4.69, 9.17) is 21.1 Å². The first kappa shape index (κ1) is 14.5. The lowest BCUT2D eigenvalue weighted by Gasteiger charge is -2.14. The smallest absolute Gasteiger partial charge is 0.145 e. The summed E-state index contributed by atoms with van der Waals surface area (Å²) in [6.07, 6.45) is 3.66. The van der Waals surface area contributed by atoms with Crippen LogP contribution in [0.25, 0.3) is 0 Å². The van der Waals surface area contributed by atoms with Gasteiger partial charge < -0.3 is 19.4 Å². The van der Waals surface area contributed by atoms with Gasteiger partial charge in [0, 0.05) is 18.8 Å². The second-order valence-corrected chi connectivity index (χ2v) is 4.62. The van der Waals surface area contributed by atoms with E-state index in [1.54, 1.807) is 26.4 Å². The van der Waals surface area contributed by atoms with Gasteiger partial charge >= 0.3 is 0 Å². The standard InChI is InChI=1S/C14H18ClN3O2/c1-4-18-9-16-7-10(18)8-17-12-5-11(15)13(19-2)6-14(12)20-3/h5-7,9,17H,4,8H2,1-3H3. The first-order valence-corrected chi connectivity index (χ1v) is 6.71. The lowest BCUT2D eigenvalue weighted by molar-refractivity contribution is 0.395. The molecule has 0 aliphatic carbocycles. The number of halogens is 1. The van der Waals surface area contributed by atoms with Gasteiger partial charge in [-0.05, 0) is 13.0 Å². The highest BCUT2D eigenvalue weighted by molar-refractivity contribution is 6.32. The van der Waals surface area contributed by atoms with Crippen LogP contribution >= 0.6 is 11.6 Å². The van der Waals surface area contributed by atoms with Crippen LogP contribution in [0.4, 0.5) is 5.69 Å². The first-order valence-electron chi connectivity index (χ1n) is 6.34. The summed E-state index contributed by atoms with van der Waals surface area (Å²) in [7, 11) is 3.19. The van der Waals surface area contributed by atoms with Crippen LogP contribution in [-0.4, -0.2) is 23.8 Å². The molecule has 0 amide bonds. The Hall–Kier alpha value is -1.88. The van der Waals surface area contributed by atoms with Crippen LogP contribution in [-0.2, 0) is 13.1 Å². The number of aromatic nitrogens is 2. The number of nitrogens with zero attached hydrogens (tertiary/aromatic N) is 2. The van der Waals surface area contributed by atoms with Crippen LogP contribution in [0, 0.1) is 0 Å². The molecule has 1 N–H and O–H groups in total. The van der Waals surface area contributed by atoms with E-state index in [1.807, 2.05) is 12.5 Å². The number of imidazole rings is 1. The number of nitrogens with one attached hydrogen (secondary N) is 1. The molecule has 0 unspecified atom stereocenters. The zero-order valence-corrected chi connectivity index (χ0v) is 12.6. The van der Waals surface area contributed by atoms with Crippen molar-refractivity contribution in [2.75, 3.05) is 19.5 Å². The van der Waals surface area contributed by atoms with Gasteiger partial charge in [0.25, 0.3) is 0 Å². The molecule has 1 aromatic carbocycles. The Morgan fingerprint density at radius 3 is 2.65 bits per heavy atom. The summed E-state index contributed by atoms with van der Waals surface area (Å²) in [5.74, 6) is 1.28. The van der Waals surface area contributed by atoms with E-state index in [2.05, 4.69) is 21.8 Å². The Labute approximate surface area is 123 Å². The minimum atomic E-state index is 0.541. The Kier molecular flexibility index (Phi) is 4.74. The second-order valence-electron chi connectivity index (χ2n) is 4.21. The highest BCUT2D eigenvalue weighted by Crippen LogP contribution is 2.36. The number of hydrogen-bond acceptors (Lipinski definition) is 4. The minimum absolute atomic E-state index is 0.541. The van der Waals surface area contributed by atoms with Crippen LogP contribution in [0.5, 0.6) is 11.5 Å². The number of methoxy groups -OCH3 is 2. The van der Waals surface area contributed by atoms with Gasteiger partial charge in [-0.15, -0.1) is 0 Å². The summed E-state index contributed by atoms with van der Waals surface area (Å²) < 4.78 is 12.6. The van der Waals surface area contributed by atoms with Crippen molar-refractivity contribution in [2.45, 2.75) is 20.0 Å². The normalized spacial score (nSPS) is 10.4. The Balaban J connectivity index is 2.18. The molecule has 0 saturated heterocycles. The second kappa shape index (κ2) is 6.52. The van der Waals surface area contributed by atoms with Gasteiger partial charge in [0.1, 0.15) is 11.5 Å². The van der Waals surface area contributed by atoms with E-state index >= 15 is 0 Å². The van der Waals surface area contributed by atoms with E-state index in [0.29, 0.717) is 23.1 Å². The molecular weight excluding hydrogens is 278 g/mol. The number of aryl methyl sites for hydroxylation is 1. The van der Waals surface area contributed by atoms with Gasteiger partial charge in [0.05, 0.1) is 43.5 Å². The van der Waals surface area contributed by atoms with Crippen LogP contribution in [0.15, 0.2) is 24.7 Å². The van der Waals surface area contributed by atoms with Crippen LogP contribution < -0.4 is 14.8 Å². The van der Waals surface area contributed by atoms with Gasteiger partial charge in [-0.1, -0.05) is 11.6 Å². The van der Waals surface area contributed by atoms with Crippen molar-refractivity contribution in [1.29, 1.82) is 0 Å². The van der Waals surface area contributed by atoms with Crippen LogP contribution in [0.3, 0.4) is 0 Å². The predicted molar refractivity (Wildman–Crippen MR) is 79.8 cm³/mol. The molecular formula is C14H18ClN3O2. The third-order valence-corrected chi connectivity index (χ3v) is 3.37. The van der Waals surface area contributed by atoms with Crippen LogP contribution in [0.1, 0.15) is 12.6 Å². The molecule has 20 heavy (non-hydrogen) atoms. The molecule has 6 heteroatoms. The maximum absolute atomic E-state index is 6.14. The molecule has 0 bridgehead atoms. The quantitative estimate of drug-likeness (QED) is 0.889. The van der Waals surface area contributed by atoms with E-state index in [9.17, 15) is 0 Å². The minimum Gasteiger partial charge on any atom is -0.495 e. The lowest BCUT2D eigenvalue weighted by Crippen LogP contribution is -2.07. The SMILES string of the molecule is CCn1cncc1CNc1cc(Cl)c(OC)cc1OC. The zero-order chi connectivity index (χ0) is 14.5. The molecule has 1 aromatic heterocycles. The first-order chi connectivity index (χ1) is 9.69. The summed E-state index contributed by atoms with van der Waals surface area (Å²) in [4.78, 5) is 4.14. The summed E-state index contributed by atoms with van der Waals surface area (Å²) in [6, 6.07) is 3.56. The summed E-state index contributed by atoms with van der Waals surface area (Å²) in [6.45, 7) is 3.61. The molecule has 0 radical (unpaired) electrons. The monoisotopic (exact) mass is 295 g/mol. The topological polar surface area (TPSA) is 48.3 Å². The van der Waals surface area contributed by atoms with E-state index in [-0.39, 0.29) is 0 Å². The maximum Gasteiger partial charge on any atom is 0.145 e. The number of rotatable bonds is 6. The molecule has 1 heterocycles. The summed E-state index contributed by atoms with van der Waals surface area (Å²) in [5, 5.41) is 3.85. The summed E-state index contributed by atoms with van der Waals surface area (Å²) in [5.41, 5.74) is 1.92. The van der Waals surface area contributed by atoms with Crippen molar-refractivity contribution in [2.24, 2.45) is 0 Å². The Morgan fingerprint density at radius 2 is 2.00 bits per heavy atom. The Bertz CT molecular complexity index is 584. The van der Waals surface area contributed by atoms with E-state index in [0.717, 1.165) is 17.9 Å². The van der Waals surface area contributed by atoms with Crippen molar-refractivity contribution in [3.05, 3.63) is 35.4 Å². The van der Waals surface area contributed by atoms with Crippen LogP contribution in [0.2, 0.25) is 5.02 Å². The fraction of sp³-hybridized carbons (Fsp3) is 0.357. The largest absolute Gasteiger partial charge is 0.495 e. The molecule has 0 aliphatic heterocycles. The van der Waals surface area contributed by atoms with Gasteiger partial charge in [-0.25, -0.2) is 4.98 Å². The van der Waals surface area contributed by atoms with E-state index < -0.39 is 0 Å². The van der Waals surface area contributed by atoms with E-state index in [1.165, 1.54) is 0 Å². The van der Waals surface area contributed by atoms with Crippen molar-refractivity contribution in [3.63, 3.8) is 0 Å². The fourth-order valence-corrected chi connectivity index (χ4v) is 2.20. The predicted octanol–water partition coefficient (Wildman–Crippen LogP) is 3.19. The lowest BCUT2D eigenvalue weighted by atomic mass is 10.2. The molecule has 2 rings (SSSR count). The van der Waals surface area contributed by atoms with Crippen molar-refractivity contribution in [1.82, 2.24) is 9.55 Å². The number of benzene rings is 1. The van der Waals surface area contributed by atoms with Crippen molar-refractivity contribution < 1.29 is 9.47 Å². The Morgan fingerprint density at radius 1 is 1.25 bits per heavy atom. The summed E-state index contributed by atoms with van der Waals surface area (Å²) >= 11 is 6.14. The maximum atomic E-state index is 6.14. The van der Waals surface area contributed by atoms with Crippen molar-refractivity contribution in [3.8, 4) is 11.5 Å². The highest BCUT2D eigenvalue weighted by Gasteiger charge is 2.10. The molecule has 108 valence electrons. The van der Waals surface area contributed by atoms with Crippen molar-refractivity contribution >= 4 is 17.3 Å². The van der Waals surface area contributed by atoms with Gasteiger partial charge in [-0.3, -0.25) is 0 Å². The highest BCUT2D eigenvalue weighted by atomic mass is 35.5. The molecule has 2 aromatic rings. The third kappa shape index (κ3) is 2.99. The number of hydrogen-bond donors (Lipinski definition) is 1. The number of ether oxygens (including phenoxy) is 2. The molecule has 0 saturated carbocycles. The molecule has 0 fully saturated rings. The molecule has 0 atom stereocenters. The average Bonchev–Trinajstić information content (AvgIpc) is 2.92. The average molecular weight is 296 g/mol. The third-order valence-electron chi connectivity index (χ3n) is 3.07. The zero-order valence-electron chi connectivity index (χ0n) is 11.8. The fourth-order valence-electron chi connectivity index (χ4n) is 1.96. The van der Waals surface area contributed by atoms with Gasteiger partial charge in [-0.2, -0.15) is 0 Å². The number of anilines is 1. The van der Waals surface area contributed by atoms with Gasteiger partial charge in [0.2, 0.25) is 0 Å². The molecule has 0 spiro atoms.